The molecule has 1 saturated heterocycles. The molecule has 8 heteroatoms. The normalized spacial score (nSPS) is 47.6. The Labute approximate surface area is 257 Å². The van der Waals surface area contributed by atoms with Crippen molar-refractivity contribution >= 4 is 17.7 Å². The standard InChI is InChI=1S/C34H55N3O4S/c1-29(2)13-9-14-34(8,41-29)21-10-16-33(7)27(21)22(38)18-24-31(5)15-12-25(30(3,4)23(31)11-17-32(24,33)6)40-26(39)19-42-28-35-20-36-37-28/h20-25,27,38H,9-19H2,1-8H3,(H,35,36,37)/t21-,22+,23-,24+,25-,27-,31-,32+,33+,34+/m0/s1. The van der Waals surface area contributed by atoms with E-state index in [4.69, 9.17) is 9.47 Å². The Bertz CT molecular complexity index is 1170. The number of nitrogens with one attached hydrogen (secondary N) is 1. The van der Waals surface area contributed by atoms with Gasteiger partial charge < -0.3 is 14.6 Å². The molecule has 1 aromatic rings. The topological polar surface area (TPSA) is 97.3 Å². The van der Waals surface area contributed by atoms with Gasteiger partial charge in [0, 0.05) is 5.41 Å². The molecule has 2 heterocycles. The number of hydrogen-bond donors (Lipinski definition) is 2. The predicted molar refractivity (Wildman–Crippen MR) is 165 cm³/mol. The Balaban J connectivity index is 1.22. The van der Waals surface area contributed by atoms with Gasteiger partial charge in [-0.1, -0.05) is 46.4 Å². The summed E-state index contributed by atoms with van der Waals surface area (Å²) < 4.78 is 13.1. The lowest BCUT2D eigenvalue weighted by molar-refractivity contribution is -0.258. The van der Waals surface area contributed by atoms with E-state index in [1.54, 1.807) is 0 Å². The molecule has 10 atom stereocenters. The number of rotatable bonds is 5. The first kappa shape index (κ1) is 30.9. The van der Waals surface area contributed by atoms with Crippen LogP contribution in [0.2, 0.25) is 0 Å². The van der Waals surface area contributed by atoms with E-state index in [0.717, 1.165) is 44.9 Å². The highest BCUT2D eigenvalue weighted by Crippen LogP contribution is 2.76. The van der Waals surface area contributed by atoms with Crippen LogP contribution in [0, 0.1) is 45.3 Å². The number of ether oxygens (including phenoxy) is 2. The average Bonchev–Trinajstić information content (AvgIpc) is 3.54. The van der Waals surface area contributed by atoms with Crippen molar-refractivity contribution < 1.29 is 19.4 Å². The van der Waals surface area contributed by atoms with Crippen molar-refractivity contribution in [2.75, 3.05) is 5.75 Å². The summed E-state index contributed by atoms with van der Waals surface area (Å²) in [6.45, 7) is 19.2. The fraction of sp³-hybridized carbons (Fsp3) is 0.912. The summed E-state index contributed by atoms with van der Waals surface area (Å²) in [5.74, 6) is 1.64. The molecule has 0 amide bonds. The van der Waals surface area contributed by atoms with Gasteiger partial charge in [0.25, 0.3) is 0 Å². The predicted octanol–water partition coefficient (Wildman–Crippen LogP) is 7.20. The number of esters is 1. The number of nitrogens with zero attached hydrogens (tertiary/aromatic N) is 2. The van der Waals surface area contributed by atoms with Crippen molar-refractivity contribution in [3.63, 3.8) is 0 Å². The molecule has 7 nitrogen and oxygen atoms in total. The molecule has 6 rings (SSSR count). The minimum Gasteiger partial charge on any atom is -0.461 e. The van der Waals surface area contributed by atoms with E-state index in [2.05, 4.69) is 70.6 Å². The average molecular weight is 602 g/mol. The van der Waals surface area contributed by atoms with Gasteiger partial charge in [-0.05, 0) is 125 Å². The first-order valence-electron chi connectivity index (χ1n) is 16.6. The number of aromatic amines is 1. The molecule has 4 aliphatic carbocycles. The number of carbonyl (C=O) groups excluding carboxylic acids is 1. The van der Waals surface area contributed by atoms with Crippen molar-refractivity contribution in [2.24, 2.45) is 45.3 Å². The molecule has 1 aromatic heterocycles. The number of thioether (sulfide) groups is 1. The third kappa shape index (κ3) is 4.62. The Morgan fingerprint density at radius 3 is 2.43 bits per heavy atom. The van der Waals surface area contributed by atoms with Gasteiger partial charge in [0.2, 0.25) is 0 Å². The Kier molecular flexibility index (Phi) is 7.50. The number of aliphatic hydroxyl groups is 1. The quantitative estimate of drug-likeness (QED) is 0.272. The maximum Gasteiger partial charge on any atom is 0.316 e. The molecule has 5 fully saturated rings. The molecule has 4 saturated carbocycles. The van der Waals surface area contributed by atoms with E-state index in [9.17, 15) is 9.90 Å². The van der Waals surface area contributed by atoms with E-state index >= 15 is 0 Å². The fourth-order valence-corrected chi connectivity index (χ4v) is 12.6. The Hall–Kier alpha value is -1.12. The third-order valence-electron chi connectivity index (χ3n) is 14.1. The van der Waals surface area contributed by atoms with Gasteiger partial charge in [0.1, 0.15) is 12.4 Å². The Morgan fingerprint density at radius 1 is 1.00 bits per heavy atom. The van der Waals surface area contributed by atoms with Crippen LogP contribution in [0.1, 0.15) is 120 Å². The van der Waals surface area contributed by atoms with Crippen LogP contribution in [-0.4, -0.2) is 55.4 Å². The first-order chi connectivity index (χ1) is 19.6. The van der Waals surface area contributed by atoms with Crippen LogP contribution in [0.5, 0.6) is 0 Å². The highest BCUT2D eigenvalue weighted by molar-refractivity contribution is 7.99. The van der Waals surface area contributed by atoms with Gasteiger partial charge >= 0.3 is 5.97 Å². The molecular formula is C34H55N3O4S. The Morgan fingerprint density at radius 2 is 1.74 bits per heavy atom. The maximum absolute atomic E-state index is 12.9. The zero-order chi connectivity index (χ0) is 30.3. The zero-order valence-electron chi connectivity index (χ0n) is 27.3. The van der Waals surface area contributed by atoms with Crippen LogP contribution in [0.3, 0.4) is 0 Å². The van der Waals surface area contributed by atoms with Gasteiger partial charge in [-0.2, -0.15) is 5.10 Å². The smallest absolute Gasteiger partial charge is 0.316 e. The molecule has 5 aliphatic rings. The van der Waals surface area contributed by atoms with Crippen LogP contribution < -0.4 is 0 Å². The highest BCUT2D eigenvalue weighted by Gasteiger charge is 2.72. The second-order valence-electron chi connectivity index (χ2n) is 16.9. The molecule has 0 bridgehead atoms. The molecule has 0 aromatic carbocycles. The van der Waals surface area contributed by atoms with E-state index < -0.39 is 0 Å². The SMILES string of the molecule is CC1(C)CCC[C@](C)([C@H]2CC[C@]3(C)[C@@H]2[C@H](O)C[C@@H]2[C@@]4(C)CC[C@H](OC(=O)CSc5ncn[nH]5)C(C)(C)[C@@H]4CC[C@]23C)O1. The van der Waals surface area contributed by atoms with E-state index in [1.807, 2.05) is 0 Å². The van der Waals surface area contributed by atoms with Crippen LogP contribution in [0.4, 0.5) is 0 Å². The zero-order valence-corrected chi connectivity index (χ0v) is 28.1. The molecule has 236 valence electrons. The van der Waals surface area contributed by atoms with Gasteiger partial charge in [0.15, 0.2) is 5.16 Å². The van der Waals surface area contributed by atoms with Crippen molar-refractivity contribution in [3.05, 3.63) is 6.33 Å². The van der Waals surface area contributed by atoms with Crippen molar-refractivity contribution in [1.82, 2.24) is 15.2 Å². The monoisotopic (exact) mass is 601 g/mol. The van der Waals surface area contributed by atoms with Gasteiger partial charge in [-0.15, -0.1) is 0 Å². The summed E-state index contributed by atoms with van der Waals surface area (Å²) in [6, 6.07) is 0. The maximum atomic E-state index is 12.9. The summed E-state index contributed by atoms with van der Waals surface area (Å²) >= 11 is 1.34. The van der Waals surface area contributed by atoms with Crippen LogP contribution >= 0.6 is 11.8 Å². The second kappa shape index (κ2) is 10.2. The second-order valence-corrected chi connectivity index (χ2v) is 17.9. The first-order valence-corrected chi connectivity index (χ1v) is 17.6. The number of hydrogen-bond acceptors (Lipinski definition) is 7. The molecule has 0 spiro atoms. The van der Waals surface area contributed by atoms with Gasteiger partial charge in [-0.25, -0.2) is 4.98 Å². The van der Waals surface area contributed by atoms with Gasteiger partial charge in [-0.3, -0.25) is 9.89 Å². The largest absolute Gasteiger partial charge is 0.461 e. The molecule has 1 aliphatic heterocycles. The minimum absolute atomic E-state index is 0.0906. The van der Waals surface area contributed by atoms with Crippen molar-refractivity contribution in [3.8, 4) is 0 Å². The number of aromatic nitrogens is 3. The molecular weight excluding hydrogens is 546 g/mol. The van der Waals surface area contributed by atoms with Crippen LogP contribution in [-0.2, 0) is 14.3 Å². The summed E-state index contributed by atoms with van der Waals surface area (Å²) in [5, 5.41) is 19.4. The third-order valence-corrected chi connectivity index (χ3v) is 14.9. The van der Waals surface area contributed by atoms with Crippen LogP contribution in [0.15, 0.2) is 11.5 Å². The number of fused-ring (bicyclic) bond motifs is 5. The van der Waals surface area contributed by atoms with Crippen LogP contribution in [0.25, 0.3) is 0 Å². The van der Waals surface area contributed by atoms with Crippen molar-refractivity contribution in [2.45, 2.75) is 148 Å². The number of aliphatic hydroxyl groups excluding tert-OH is 1. The van der Waals surface area contributed by atoms with E-state index in [-0.39, 0.29) is 62.7 Å². The molecule has 2 N–H and O–H groups in total. The lowest BCUT2D eigenvalue weighted by Crippen LogP contribution is -2.67. The van der Waals surface area contributed by atoms with Crippen molar-refractivity contribution in [1.29, 1.82) is 0 Å². The lowest BCUT2D eigenvalue weighted by atomic mass is 9.35. The molecule has 42 heavy (non-hydrogen) atoms. The summed E-state index contributed by atoms with van der Waals surface area (Å²) in [7, 11) is 0. The summed E-state index contributed by atoms with van der Waals surface area (Å²) in [5.41, 5.74) is -0.0137. The van der Waals surface area contributed by atoms with E-state index in [0.29, 0.717) is 22.9 Å². The lowest BCUT2D eigenvalue weighted by Gasteiger charge is -2.70. The highest BCUT2D eigenvalue weighted by atomic mass is 32.2. The number of H-pyrrole nitrogens is 1. The summed E-state index contributed by atoms with van der Waals surface area (Å²) in [4.78, 5) is 17.0. The molecule has 0 radical (unpaired) electrons. The van der Waals surface area contributed by atoms with Gasteiger partial charge in [0.05, 0.1) is 23.1 Å². The molecule has 0 unspecified atom stereocenters. The number of carbonyl (C=O) groups is 1. The fourth-order valence-electron chi connectivity index (χ4n) is 12.1. The minimum atomic E-state index is -0.298. The summed E-state index contributed by atoms with van der Waals surface area (Å²) in [6.07, 6.45) is 12.0. The van der Waals surface area contributed by atoms with E-state index in [1.165, 1.54) is 37.4 Å².